The van der Waals surface area contributed by atoms with E-state index in [1.54, 1.807) is 6.33 Å². The molecular weight excluding hydrogens is 194 g/mol. The Hall–Kier alpha value is -0.380. The maximum atomic E-state index is 4.01. The van der Waals surface area contributed by atoms with Crippen LogP contribution in [-0.4, -0.2) is 14.8 Å². The Labute approximate surface area is 68.6 Å². The minimum atomic E-state index is 0.609. The van der Waals surface area contributed by atoms with Crippen molar-refractivity contribution in [3.63, 3.8) is 0 Å². The summed E-state index contributed by atoms with van der Waals surface area (Å²) in [5.74, 6) is 0.609. The molecule has 0 aliphatic carbocycles. The van der Waals surface area contributed by atoms with Gasteiger partial charge < -0.3 is 0 Å². The van der Waals surface area contributed by atoms with Gasteiger partial charge in [0.2, 0.25) is 0 Å². The van der Waals surface area contributed by atoms with Crippen LogP contribution in [-0.2, 0) is 6.54 Å². The van der Waals surface area contributed by atoms with Gasteiger partial charge in [-0.15, -0.1) is 0 Å². The molecule has 1 heterocycles. The molecule has 0 bridgehead atoms. The molecule has 10 heavy (non-hydrogen) atoms. The van der Waals surface area contributed by atoms with Crippen molar-refractivity contribution in [1.29, 1.82) is 0 Å². The average Bonchev–Trinajstić information content (AvgIpc) is 2.15. The van der Waals surface area contributed by atoms with Crippen LogP contribution in [0.25, 0.3) is 0 Å². The van der Waals surface area contributed by atoms with E-state index in [0.29, 0.717) is 5.92 Å². The van der Waals surface area contributed by atoms with Crippen LogP contribution in [0, 0.1) is 5.92 Å². The second-order valence-electron chi connectivity index (χ2n) is 2.61. The highest BCUT2D eigenvalue weighted by Gasteiger charge is 2.00. The molecular formula is C6H10BrN3. The molecule has 0 saturated heterocycles. The molecule has 0 unspecified atom stereocenters. The summed E-state index contributed by atoms with van der Waals surface area (Å²) in [6.07, 6.45) is 1.55. The molecule has 0 aliphatic rings. The molecule has 0 N–H and O–H groups in total. The van der Waals surface area contributed by atoms with E-state index in [1.165, 1.54) is 0 Å². The minimum absolute atomic E-state index is 0.609. The van der Waals surface area contributed by atoms with E-state index in [-0.39, 0.29) is 0 Å². The monoisotopic (exact) mass is 203 g/mol. The second-order valence-corrected chi connectivity index (χ2v) is 3.31. The Morgan fingerprint density at radius 2 is 2.40 bits per heavy atom. The van der Waals surface area contributed by atoms with Crippen LogP contribution in [0.5, 0.6) is 0 Å². The number of rotatable bonds is 2. The molecule has 0 saturated carbocycles. The fraction of sp³-hybridized carbons (Fsp3) is 0.667. The number of hydrogen-bond donors (Lipinski definition) is 0. The summed E-state index contributed by atoms with van der Waals surface area (Å²) in [6.45, 7) is 5.21. The quantitative estimate of drug-likeness (QED) is 0.733. The number of halogens is 1. The van der Waals surface area contributed by atoms with Crippen molar-refractivity contribution in [3.05, 3.63) is 11.1 Å². The fourth-order valence-corrected chi connectivity index (χ4v) is 1.05. The van der Waals surface area contributed by atoms with Gasteiger partial charge in [-0.1, -0.05) is 13.8 Å². The van der Waals surface area contributed by atoms with Crippen molar-refractivity contribution in [1.82, 2.24) is 14.8 Å². The smallest absolute Gasteiger partial charge is 0.195 e. The lowest BCUT2D eigenvalue weighted by Gasteiger charge is -2.03. The predicted molar refractivity (Wildman–Crippen MR) is 42.6 cm³/mol. The van der Waals surface area contributed by atoms with Crippen molar-refractivity contribution in [2.75, 3.05) is 0 Å². The van der Waals surface area contributed by atoms with Gasteiger partial charge in [0, 0.05) is 6.54 Å². The summed E-state index contributed by atoms with van der Waals surface area (Å²) in [5.41, 5.74) is 0. The van der Waals surface area contributed by atoms with Crippen molar-refractivity contribution >= 4 is 15.9 Å². The van der Waals surface area contributed by atoms with Crippen LogP contribution in [0.1, 0.15) is 13.8 Å². The van der Waals surface area contributed by atoms with E-state index in [4.69, 9.17) is 0 Å². The molecule has 0 radical (unpaired) electrons. The normalized spacial score (nSPS) is 10.8. The van der Waals surface area contributed by atoms with E-state index in [1.807, 2.05) is 4.68 Å². The molecule has 56 valence electrons. The Balaban J connectivity index is 2.65. The predicted octanol–water partition coefficient (Wildman–Crippen LogP) is 1.70. The zero-order valence-corrected chi connectivity index (χ0v) is 7.67. The topological polar surface area (TPSA) is 30.7 Å². The third-order valence-electron chi connectivity index (χ3n) is 1.11. The van der Waals surface area contributed by atoms with Gasteiger partial charge in [-0.3, -0.25) is 0 Å². The Morgan fingerprint density at radius 3 is 2.80 bits per heavy atom. The first-order valence-corrected chi connectivity index (χ1v) is 4.02. The summed E-state index contributed by atoms with van der Waals surface area (Å²) in [7, 11) is 0. The first kappa shape index (κ1) is 7.72. The Kier molecular flexibility index (Phi) is 2.43. The summed E-state index contributed by atoms with van der Waals surface area (Å²) in [6, 6.07) is 0. The van der Waals surface area contributed by atoms with Gasteiger partial charge >= 0.3 is 0 Å². The van der Waals surface area contributed by atoms with E-state index in [0.717, 1.165) is 11.3 Å². The molecule has 0 fully saturated rings. The van der Waals surface area contributed by atoms with Crippen molar-refractivity contribution in [2.45, 2.75) is 20.4 Å². The van der Waals surface area contributed by atoms with E-state index < -0.39 is 0 Å². The highest BCUT2D eigenvalue weighted by molar-refractivity contribution is 9.10. The van der Waals surface area contributed by atoms with Gasteiger partial charge in [0.05, 0.1) is 0 Å². The van der Waals surface area contributed by atoms with Gasteiger partial charge in [-0.2, -0.15) is 5.10 Å². The van der Waals surface area contributed by atoms with Gasteiger partial charge in [-0.05, 0) is 21.8 Å². The minimum Gasteiger partial charge on any atom is -0.240 e. The highest BCUT2D eigenvalue weighted by Crippen LogP contribution is 2.06. The Bertz CT molecular complexity index is 207. The summed E-state index contributed by atoms with van der Waals surface area (Å²) >= 11 is 3.28. The maximum absolute atomic E-state index is 4.01. The zero-order valence-electron chi connectivity index (χ0n) is 6.08. The zero-order chi connectivity index (χ0) is 7.56. The van der Waals surface area contributed by atoms with Crippen LogP contribution in [0.4, 0.5) is 0 Å². The third kappa shape index (κ3) is 1.80. The van der Waals surface area contributed by atoms with Crippen molar-refractivity contribution in [2.24, 2.45) is 5.92 Å². The lowest BCUT2D eigenvalue weighted by Crippen LogP contribution is -2.05. The fourth-order valence-electron chi connectivity index (χ4n) is 0.718. The molecule has 1 rings (SSSR count). The van der Waals surface area contributed by atoms with Crippen molar-refractivity contribution in [3.8, 4) is 0 Å². The summed E-state index contributed by atoms with van der Waals surface area (Å²) in [5, 5.41) is 4.01. The molecule has 0 spiro atoms. The van der Waals surface area contributed by atoms with Crippen LogP contribution in [0.3, 0.4) is 0 Å². The molecule has 0 amide bonds. The second kappa shape index (κ2) is 3.14. The summed E-state index contributed by atoms with van der Waals surface area (Å²) in [4.78, 5) is 3.94. The maximum Gasteiger partial charge on any atom is 0.195 e. The van der Waals surface area contributed by atoms with Crippen LogP contribution in [0.2, 0.25) is 0 Å². The molecule has 4 heteroatoms. The lowest BCUT2D eigenvalue weighted by atomic mass is 10.2. The Morgan fingerprint density at radius 1 is 1.70 bits per heavy atom. The summed E-state index contributed by atoms with van der Waals surface area (Å²) < 4.78 is 2.64. The SMILES string of the molecule is CC(C)Cn1ncnc1Br. The average molecular weight is 204 g/mol. The highest BCUT2D eigenvalue weighted by atomic mass is 79.9. The van der Waals surface area contributed by atoms with E-state index in [9.17, 15) is 0 Å². The van der Waals surface area contributed by atoms with Gasteiger partial charge in [0.15, 0.2) is 4.73 Å². The van der Waals surface area contributed by atoms with Crippen molar-refractivity contribution < 1.29 is 0 Å². The van der Waals surface area contributed by atoms with Gasteiger partial charge in [-0.25, -0.2) is 9.67 Å². The van der Waals surface area contributed by atoms with Crippen LogP contribution >= 0.6 is 15.9 Å². The number of aromatic nitrogens is 3. The van der Waals surface area contributed by atoms with Gasteiger partial charge in [0.1, 0.15) is 6.33 Å². The standard InChI is InChI=1S/C6H10BrN3/c1-5(2)3-10-6(7)8-4-9-10/h4-5H,3H2,1-2H3. The van der Waals surface area contributed by atoms with E-state index >= 15 is 0 Å². The number of nitrogens with zero attached hydrogens (tertiary/aromatic N) is 3. The largest absolute Gasteiger partial charge is 0.240 e. The molecule has 0 atom stereocenters. The van der Waals surface area contributed by atoms with Crippen LogP contribution < -0.4 is 0 Å². The molecule has 3 nitrogen and oxygen atoms in total. The molecule has 1 aromatic heterocycles. The first-order chi connectivity index (χ1) is 4.70. The third-order valence-corrected chi connectivity index (χ3v) is 1.72. The molecule has 0 aliphatic heterocycles. The van der Waals surface area contributed by atoms with E-state index in [2.05, 4.69) is 39.9 Å². The molecule has 1 aromatic rings. The first-order valence-electron chi connectivity index (χ1n) is 3.23. The van der Waals surface area contributed by atoms with Gasteiger partial charge in [0.25, 0.3) is 0 Å². The lowest BCUT2D eigenvalue weighted by molar-refractivity contribution is 0.474. The number of hydrogen-bond acceptors (Lipinski definition) is 2. The van der Waals surface area contributed by atoms with Crippen LogP contribution in [0.15, 0.2) is 11.1 Å². The molecule has 0 aromatic carbocycles.